The van der Waals surface area contributed by atoms with Crippen LogP contribution >= 0.6 is 11.3 Å². The van der Waals surface area contributed by atoms with Crippen LogP contribution in [0.15, 0.2) is 6.20 Å². The third-order valence-electron chi connectivity index (χ3n) is 2.67. The van der Waals surface area contributed by atoms with Gasteiger partial charge in [0.1, 0.15) is 5.01 Å². The van der Waals surface area contributed by atoms with E-state index in [1.54, 1.807) is 13.1 Å². The zero-order valence-corrected chi connectivity index (χ0v) is 13.5. The topological polar surface area (TPSA) is 85.4 Å². The minimum Gasteiger partial charge on any atom is -0.469 e. The summed E-state index contributed by atoms with van der Waals surface area (Å²) in [6.45, 7) is 3.79. The zero-order valence-electron chi connectivity index (χ0n) is 11.9. The molecule has 0 radical (unpaired) electrons. The molecular formula is C12H20N2O4S2. The highest BCUT2D eigenvalue weighted by Crippen LogP contribution is 2.20. The van der Waals surface area contributed by atoms with Gasteiger partial charge in [0.05, 0.1) is 18.9 Å². The maximum atomic E-state index is 11.9. The minimum atomic E-state index is -3.42. The number of thiazole rings is 1. The van der Waals surface area contributed by atoms with Gasteiger partial charge in [0.25, 0.3) is 0 Å². The Morgan fingerprint density at radius 2 is 2.25 bits per heavy atom. The van der Waals surface area contributed by atoms with Crippen LogP contribution in [-0.4, -0.2) is 32.2 Å². The van der Waals surface area contributed by atoms with E-state index in [2.05, 4.69) is 14.4 Å². The van der Waals surface area contributed by atoms with Crippen LogP contribution < -0.4 is 4.72 Å². The number of carbonyl (C=O) groups excluding carboxylic acids is 1. The second-order valence-corrected chi connectivity index (χ2v) is 7.38. The van der Waals surface area contributed by atoms with Crippen LogP contribution in [0.3, 0.4) is 0 Å². The molecule has 0 aliphatic carbocycles. The zero-order chi connectivity index (χ0) is 15.2. The highest BCUT2D eigenvalue weighted by Gasteiger charge is 2.18. The van der Waals surface area contributed by atoms with E-state index in [9.17, 15) is 13.2 Å². The second-order valence-electron chi connectivity index (χ2n) is 4.36. The summed E-state index contributed by atoms with van der Waals surface area (Å²) in [6, 6.07) is -0.358. The summed E-state index contributed by atoms with van der Waals surface area (Å²) in [4.78, 5) is 16.3. The van der Waals surface area contributed by atoms with Gasteiger partial charge in [-0.05, 0) is 19.8 Å². The summed E-state index contributed by atoms with van der Waals surface area (Å²) < 4.78 is 30.8. The normalized spacial score (nSPS) is 13.2. The number of esters is 1. The third kappa shape index (κ3) is 5.56. The van der Waals surface area contributed by atoms with Crippen molar-refractivity contribution in [3.63, 3.8) is 0 Å². The molecule has 1 unspecified atom stereocenters. The molecule has 1 N–H and O–H groups in total. The fourth-order valence-corrected chi connectivity index (χ4v) is 3.80. The molecule has 0 aliphatic heterocycles. The molecule has 0 fully saturated rings. The highest BCUT2D eigenvalue weighted by molar-refractivity contribution is 7.89. The first-order valence-corrected chi connectivity index (χ1v) is 8.86. The van der Waals surface area contributed by atoms with E-state index in [4.69, 9.17) is 0 Å². The first kappa shape index (κ1) is 17.1. The molecule has 1 atom stereocenters. The van der Waals surface area contributed by atoms with Crippen LogP contribution in [-0.2, 0) is 26.0 Å². The van der Waals surface area contributed by atoms with Crippen molar-refractivity contribution in [1.82, 2.24) is 9.71 Å². The lowest BCUT2D eigenvalue weighted by Gasteiger charge is -2.11. The minimum absolute atomic E-state index is 0.0988. The van der Waals surface area contributed by atoms with E-state index >= 15 is 0 Å². The lowest BCUT2D eigenvalue weighted by molar-refractivity contribution is -0.140. The van der Waals surface area contributed by atoms with Crippen molar-refractivity contribution < 1.29 is 17.9 Å². The number of aromatic nitrogens is 1. The van der Waals surface area contributed by atoms with Gasteiger partial charge >= 0.3 is 5.97 Å². The fraction of sp³-hybridized carbons (Fsp3) is 0.667. The average Bonchev–Trinajstić information content (AvgIpc) is 2.86. The van der Waals surface area contributed by atoms with Gasteiger partial charge in [0.2, 0.25) is 10.0 Å². The third-order valence-corrected chi connectivity index (χ3v) is 5.53. The molecule has 0 bridgehead atoms. The molecule has 0 spiro atoms. The van der Waals surface area contributed by atoms with Crippen LogP contribution in [0.5, 0.6) is 0 Å². The van der Waals surface area contributed by atoms with E-state index < -0.39 is 16.0 Å². The summed E-state index contributed by atoms with van der Waals surface area (Å²) in [6.07, 6.45) is 2.99. The standard InChI is InChI=1S/C12H20N2O4S2/c1-4-10-8-13-12(19-10)9(2)14-20(16,17)7-5-6-11(15)18-3/h8-9,14H,4-7H2,1-3H3. The number of sulfonamides is 1. The Kier molecular flexibility index (Phi) is 6.57. The van der Waals surface area contributed by atoms with Gasteiger partial charge in [-0.25, -0.2) is 18.1 Å². The van der Waals surface area contributed by atoms with Gasteiger partial charge in [0, 0.05) is 17.5 Å². The molecule has 8 heteroatoms. The van der Waals surface area contributed by atoms with Gasteiger partial charge < -0.3 is 4.74 Å². The van der Waals surface area contributed by atoms with Gasteiger partial charge in [-0.1, -0.05) is 6.92 Å². The van der Waals surface area contributed by atoms with E-state index in [1.807, 2.05) is 6.92 Å². The van der Waals surface area contributed by atoms with Crippen molar-refractivity contribution in [1.29, 1.82) is 0 Å². The van der Waals surface area contributed by atoms with Crippen molar-refractivity contribution in [2.45, 2.75) is 39.2 Å². The number of hydrogen-bond acceptors (Lipinski definition) is 6. The quantitative estimate of drug-likeness (QED) is 0.736. The SMILES string of the molecule is CCc1cnc(C(C)NS(=O)(=O)CCCC(=O)OC)s1. The van der Waals surface area contributed by atoms with Crippen LogP contribution in [0.25, 0.3) is 0 Å². The van der Waals surface area contributed by atoms with Gasteiger partial charge in [0.15, 0.2) is 0 Å². The lowest BCUT2D eigenvalue weighted by atomic mass is 10.3. The Morgan fingerprint density at radius 3 is 2.80 bits per heavy atom. The molecule has 0 aliphatic rings. The summed E-state index contributed by atoms with van der Waals surface area (Å²) in [5, 5.41) is 0.749. The molecule has 1 heterocycles. The van der Waals surface area contributed by atoms with Gasteiger partial charge in [-0.2, -0.15) is 0 Å². The first-order valence-electron chi connectivity index (χ1n) is 6.39. The molecule has 0 saturated carbocycles. The molecule has 1 rings (SSSR count). The number of nitrogens with zero attached hydrogens (tertiary/aromatic N) is 1. The predicted molar refractivity (Wildman–Crippen MR) is 78.1 cm³/mol. The molecule has 1 aromatic heterocycles. The monoisotopic (exact) mass is 320 g/mol. The largest absolute Gasteiger partial charge is 0.469 e. The Balaban J connectivity index is 2.50. The van der Waals surface area contributed by atoms with Crippen LogP contribution in [0.2, 0.25) is 0 Å². The summed E-state index contributed by atoms with van der Waals surface area (Å²) in [5.41, 5.74) is 0. The lowest BCUT2D eigenvalue weighted by Crippen LogP contribution is -2.29. The fourth-order valence-electron chi connectivity index (χ4n) is 1.57. The van der Waals surface area contributed by atoms with Crippen molar-refractivity contribution in [3.05, 3.63) is 16.1 Å². The number of ether oxygens (including phenoxy) is 1. The smallest absolute Gasteiger partial charge is 0.305 e. The number of carbonyl (C=O) groups is 1. The molecule has 1 aromatic rings. The Morgan fingerprint density at radius 1 is 1.55 bits per heavy atom. The van der Waals surface area contributed by atoms with Crippen molar-refractivity contribution in [2.75, 3.05) is 12.9 Å². The van der Waals surface area contributed by atoms with E-state index in [0.29, 0.717) is 0 Å². The van der Waals surface area contributed by atoms with Crippen molar-refractivity contribution in [3.8, 4) is 0 Å². The summed E-state index contributed by atoms with van der Waals surface area (Å²) >= 11 is 1.50. The van der Waals surface area contributed by atoms with Gasteiger partial charge in [-0.15, -0.1) is 11.3 Å². The molecular weight excluding hydrogens is 300 g/mol. The predicted octanol–water partition coefficient (Wildman–Crippen LogP) is 1.64. The Hall–Kier alpha value is -0.990. The number of aryl methyl sites for hydroxylation is 1. The molecule has 114 valence electrons. The number of hydrogen-bond donors (Lipinski definition) is 1. The molecule has 20 heavy (non-hydrogen) atoms. The van der Waals surface area contributed by atoms with Gasteiger partial charge in [-0.3, -0.25) is 4.79 Å². The molecule has 0 amide bonds. The maximum absolute atomic E-state index is 11.9. The molecule has 6 nitrogen and oxygen atoms in total. The average molecular weight is 320 g/mol. The molecule has 0 saturated heterocycles. The van der Waals surface area contributed by atoms with Crippen LogP contribution in [0, 0.1) is 0 Å². The maximum Gasteiger partial charge on any atom is 0.305 e. The number of methoxy groups -OCH3 is 1. The van der Waals surface area contributed by atoms with Crippen LogP contribution in [0.4, 0.5) is 0 Å². The molecule has 0 aromatic carbocycles. The van der Waals surface area contributed by atoms with Crippen molar-refractivity contribution in [2.24, 2.45) is 0 Å². The second kappa shape index (κ2) is 7.70. The first-order chi connectivity index (χ1) is 9.38. The Labute approximate surface area is 123 Å². The Bertz CT molecular complexity index is 539. The summed E-state index contributed by atoms with van der Waals surface area (Å²) in [5.74, 6) is -0.501. The van der Waals surface area contributed by atoms with E-state index in [0.717, 1.165) is 16.3 Å². The summed E-state index contributed by atoms with van der Waals surface area (Å²) in [7, 11) is -2.14. The number of nitrogens with one attached hydrogen (secondary N) is 1. The van der Waals surface area contributed by atoms with E-state index in [1.165, 1.54) is 18.4 Å². The van der Waals surface area contributed by atoms with Crippen LogP contribution in [0.1, 0.15) is 42.6 Å². The highest BCUT2D eigenvalue weighted by atomic mass is 32.2. The van der Waals surface area contributed by atoms with Crippen molar-refractivity contribution >= 4 is 27.3 Å². The number of rotatable bonds is 8. The van der Waals surface area contributed by atoms with E-state index in [-0.39, 0.29) is 24.6 Å².